The minimum Gasteiger partial charge on any atom is -0.350 e. The lowest BCUT2D eigenvalue weighted by Crippen LogP contribution is -2.27. The predicted molar refractivity (Wildman–Crippen MR) is 61.1 cm³/mol. The van der Waals surface area contributed by atoms with Crippen molar-refractivity contribution in [3.63, 3.8) is 0 Å². The van der Waals surface area contributed by atoms with Crippen LogP contribution < -0.4 is 5.32 Å². The molecule has 1 N–H and O–H groups in total. The van der Waals surface area contributed by atoms with Crippen LogP contribution in [-0.2, 0) is 11.3 Å². The lowest BCUT2D eigenvalue weighted by atomic mass is 10.2. The Morgan fingerprint density at radius 2 is 2.31 bits per heavy atom. The second-order valence-corrected chi connectivity index (χ2v) is 6.29. The summed E-state index contributed by atoms with van der Waals surface area (Å²) in [6, 6.07) is 0. The van der Waals surface area contributed by atoms with E-state index in [0.29, 0.717) is 6.54 Å². The molecule has 0 spiro atoms. The summed E-state index contributed by atoms with van der Waals surface area (Å²) in [5, 5.41) is 6.37. The second-order valence-electron chi connectivity index (χ2n) is 5.40. The molecule has 3 saturated carbocycles. The number of nitrogens with zero attached hydrogens (tertiary/aromatic N) is 1. The topological polar surface area (TPSA) is 42.0 Å². The van der Waals surface area contributed by atoms with Crippen molar-refractivity contribution in [2.75, 3.05) is 0 Å². The molecule has 4 heteroatoms. The largest absolute Gasteiger partial charge is 0.350 e. The molecule has 0 radical (unpaired) electrons. The van der Waals surface area contributed by atoms with Crippen molar-refractivity contribution >= 4 is 17.2 Å². The Morgan fingerprint density at radius 3 is 2.94 bits per heavy atom. The zero-order chi connectivity index (χ0) is 10.8. The van der Waals surface area contributed by atoms with Crippen molar-refractivity contribution in [1.82, 2.24) is 10.3 Å². The summed E-state index contributed by atoms with van der Waals surface area (Å²) in [5.74, 6) is 1.72. The van der Waals surface area contributed by atoms with Gasteiger partial charge < -0.3 is 5.32 Å². The van der Waals surface area contributed by atoms with E-state index >= 15 is 0 Å². The van der Waals surface area contributed by atoms with E-state index in [1.54, 1.807) is 11.3 Å². The molecule has 1 heterocycles. The fraction of sp³-hybridized carbons (Fsp3) is 0.667. The molecule has 16 heavy (non-hydrogen) atoms. The van der Waals surface area contributed by atoms with Crippen molar-refractivity contribution in [3.8, 4) is 0 Å². The maximum Gasteiger partial charge on any atom is 0.226 e. The van der Waals surface area contributed by atoms with Crippen molar-refractivity contribution in [1.29, 1.82) is 0 Å². The summed E-state index contributed by atoms with van der Waals surface area (Å²) >= 11 is 1.74. The Balaban J connectivity index is 1.37. The summed E-state index contributed by atoms with van der Waals surface area (Å²) < 4.78 is 0. The first-order valence-corrected chi connectivity index (χ1v) is 6.88. The molecular weight excluding hydrogens is 220 g/mol. The number of nitrogens with one attached hydrogen (secondary N) is 1. The third-order valence-electron chi connectivity index (χ3n) is 4.06. The Morgan fingerprint density at radius 1 is 1.56 bits per heavy atom. The average Bonchev–Trinajstić information content (AvgIpc) is 3.10. The van der Waals surface area contributed by atoms with Gasteiger partial charge in [0.25, 0.3) is 0 Å². The smallest absolute Gasteiger partial charge is 0.226 e. The molecule has 1 aromatic heterocycles. The van der Waals surface area contributed by atoms with Gasteiger partial charge in [0.05, 0.1) is 22.7 Å². The van der Waals surface area contributed by atoms with Crippen LogP contribution >= 0.6 is 11.3 Å². The fourth-order valence-corrected chi connectivity index (χ4v) is 3.33. The molecule has 0 bridgehead atoms. The normalized spacial score (nSPS) is 34.4. The molecule has 3 fully saturated rings. The number of fused-ring (bicyclic) bond motifs is 1. The average molecular weight is 234 g/mol. The van der Waals surface area contributed by atoms with Crippen LogP contribution in [0.4, 0.5) is 0 Å². The van der Waals surface area contributed by atoms with Crippen molar-refractivity contribution < 1.29 is 4.79 Å². The SMILES string of the molecule is O=C(NCc1csc(C2CC2)n1)C12CC1C2. The Labute approximate surface area is 98.3 Å². The number of hydrogen-bond acceptors (Lipinski definition) is 3. The van der Waals surface area contributed by atoms with E-state index in [9.17, 15) is 4.79 Å². The molecule has 1 amide bonds. The first kappa shape index (κ1) is 9.16. The Hall–Kier alpha value is -0.900. The predicted octanol–water partition coefficient (Wildman–Crippen LogP) is 2.05. The van der Waals surface area contributed by atoms with Gasteiger partial charge in [0.15, 0.2) is 0 Å². The van der Waals surface area contributed by atoms with Crippen LogP contribution in [0.1, 0.15) is 42.3 Å². The standard InChI is InChI=1S/C12H14N2OS/c15-11(12-3-8(12)4-12)13-5-9-6-16-10(14-9)7-1-2-7/h6-8H,1-5H2,(H,13,15). The molecule has 3 aliphatic carbocycles. The van der Waals surface area contributed by atoms with E-state index in [-0.39, 0.29) is 11.3 Å². The molecule has 1 aromatic rings. The van der Waals surface area contributed by atoms with Gasteiger partial charge in [-0.1, -0.05) is 0 Å². The molecule has 84 valence electrons. The highest BCUT2D eigenvalue weighted by Gasteiger charge is 2.74. The lowest BCUT2D eigenvalue weighted by Gasteiger charge is -2.04. The van der Waals surface area contributed by atoms with Crippen LogP contribution in [-0.4, -0.2) is 10.9 Å². The maximum atomic E-state index is 11.8. The molecule has 3 nitrogen and oxygen atoms in total. The Kier molecular flexibility index (Phi) is 1.64. The number of amides is 1. The maximum absolute atomic E-state index is 11.8. The van der Waals surface area contributed by atoms with Crippen LogP contribution in [0.2, 0.25) is 0 Å². The highest BCUT2D eigenvalue weighted by molar-refractivity contribution is 7.09. The lowest BCUT2D eigenvalue weighted by molar-refractivity contribution is -0.124. The number of thiazole rings is 1. The number of aromatic nitrogens is 1. The zero-order valence-corrected chi connectivity index (χ0v) is 9.85. The van der Waals surface area contributed by atoms with Gasteiger partial charge in [-0.05, 0) is 31.6 Å². The van der Waals surface area contributed by atoms with Gasteiger partial charge in [0, 0.05) is 11.3 Å². The van der Waals surface area contributed by atoms with Crippen LogP contribution in [0, 0.1) is 11.3 Å². The molecular formula is C12H14N2OS. The van der Waals surface area contributed by atoms with Crippen LogP contribution in [0.15, 0.2) is 5.38 Å². The minimum atomic E-state index is 0.0926. The summed E-state index contributed by atoms with van der Waals surface area (Å²) in [4.78, 5) is 16.3. The van der Waals surface area contributed by atoms with Crippen molar-refractivity contribution in [3.05, 3.63) is 16.1 Å². The van der Waals surface area contributed by atoms with Crippen LogP contribution in [0.25, 0.3) is 0 Å². The number of rotatable bonds is 4. The van der Waals surface area contributed by atoms with Gasteiger partial charge in [-0.2, -0.15) is 0 Å². The molecule has 3 aliphatic rings. The minimum absolute atomic E-state index is 0.0926. The third kappa shape index (κ3) is 1.32. The molecule has 0 aromatic carbocycles. The molecule has 4 rings (SSSR count). The van der Waals surface area contributed by atoms with Crippen LogP contribution in [0.5, 0.6) is 0 Å². The monoisotopic (exact) mass is 234 g/mol. The number of carbonyl (C=O) groups is 1. The Bertz CT molecular complexity index is 457. The summed E-state index contributed by atoms with van der Waals surface area (Å²) in [6.07, 6.45) is 4.85. The van der Waals surface area contributed by atoms with E-state index in [4.69, 9.17) is 0 Å². The fourth-order valence-electron chi connectivity index (χ4n) is 2.34. The highest BCUT2D eigenvalue weighted by atomic mass is 32.1. The molecule has 0 saturated heterocycles. The zero-order valence-electron chi connectivity index (χ0n) is 9.03. The molecule has 0 atom stereocenters. The van der Waals surface area contributed by atoms with Crippen LogP contribution in [0.3, 0.4) is 0 Å². The van der Waals surface area contributed by atoms with E-state index in [1.807, 2.05) is 0 Å². The van der Waals surface area contributed by atoms with Crippen molar-refractivity contribution in [2.24, 2.45) is 11.3 Å². The summed E-state index contributed by atoms with van der Waals surface area (Å²) in [7, 11) is 0. The van der Waals surface area contributed by atoms with Crippen molar-refractivity contribution in [2.45, 2.75) is 38.1 Å². The van der Waals surface area contributed by atoms with Gasteiger partial charge in [-0.25, -0.2) is 4.98 Å². The van der Waals surface area contributed by atoms with E-state index in [2.05, 4.69) is 15.7 Å². The van der Waals surface area contributed by atoms with E-state index in [0.717, 1.165) is 30.4 Å². The van der Waals surface area contributed by atoms with Gasteiger partial charge in [-0.15, -0.1) is 11.3 Å². The number of hydrogen-bond donors (Lipinski definition) is 1. The number of carbonyl (C=O) groups excluding carboxylic acids is 1. The molecule has 0 aliphatic heterocycles. The van der Waals surface area contributed by atoms with Gasteiger partial charge in [0.1, 0.15) is 0 Å². The first-order valence-electron chi connectivity index (χ1n) is 6.00. The van der Waals surface area contributed by atoms with E-state index in [1.165, 1.54) is 17.8 Å². The highest BCUT2D eigenvalue weighted by Crippen LogP contribution is 2.75. The molecule has 0 unspecified atom stereocenters. The quantitative estimate of drug-likeness (QED) is 0.866. The third-order valence-corrected chi connectivity index (χ3v) is 5.12. The first-order chi connectivity index (χ1) is 7.78. The van der Waals surface area contributed by atoms with E-state index < -0.39 is 0 Å². The summed E-state index contributed by atoms with van der Waals surface area (Å²) in [6.45, 7) is 0.622. The van der Waals surface area contributed by atoms with Gasteiger partial charge in [0.2, 0.25) is 5.91 Å². The van der Waals surface area contributed by atoms with Gasteiger partial charge >= 0.3 is 0 Å². The van der Waals surface area contributed by atoms with Gasteiger partial charge in [-0.3, -0.25) is 4.79 Å². The second kappa shape index (κ2) is 2.86. The summed E-state index contributed by atoms with van der Waals surface area (Å²) in [5.41, 5.74) is 1.13.